The molecular formula is C31H35N3O3. The Balaban J connectivity index is 1.43. The lowest BCUT2D eigenvalue weighted by Crippen LogP contribution is -2.53. The molecule has 5 rings (SSSR count). The SMILES string of the molecule is CCC(C(=O)NC1CCCCC1)N(Cc1ccccc1C)C(=O)CN1C(=O)c2cccc3cccc1c23. The molecule has 1 saturated carbocycles. The van der Waals surface area contributed by atoms with Gasteiger partial charge in [-0.25, -0.2) is 0 Å². The third kappa shape index (κ3) is 4.97. The monoisotopic (exact) mass is 497 g/mol. The van der Waals surface area contributed by atoms with Crippen molar-refractivity contribution in [1.82, 2.24) is 10.2 Å². The van der Waals surface area contributed by atoms with Gasteiger partial charge in [0.25, 0.3) is 5.91 Å². The van der Waals surface area contributed by atoms with Crippen LogP contribution in [0, 0.1) is 6.92 Å². The van der Waals surface area contributed by atoms with E-state index in [2.05, 4.69) is 5.32 Å². The van der Waals surface area contributed by atoms with Gasteiger partial charge in [-0.1, -0.05) is 74.7 Å². The number of aryl methyl sites for hydroxylation is 1. The van der Waals surface area contributed by atoms with Gasteiger partial charge in [0.15, 0.2) is 0 Å². The van der Waals surface area contributed by atoms with E-state index in [1.54, 1.807) is 9.80 Å². The quantitative estimate of drug-likeness (QED) is 0.455. The molecule has 1 N–H and O–H groups in total. The van der Waals surface area contributed by atoms with Gasteiger partial charge in [-0.2, -0.15) is 0 Å². The molecule has 1 unspecified atom stereocenters. The van der Waals surface area contributed by atoms with E-state index in [0.717, 1.165) is 53.3 Å². The molecule has 0 saturated heterocycles. The van der Waals surface area contributed by atoms with E-state index >= 15 is 0 Å². The number of nitrogens with zero attached hydrogens (tertiary/aromatic N) is 2. The Bertz CT molecular complexity index is 1320. The van der Waals surface area contributed by atoms with E-state index < -0.39 is 6.04 Å². The van der Waals surface area contributed by atoms with Crippen molar-refractivity contribution in [3.05, 3.63) is 77.4 Å². The molecule has 3 aromatic rings. The van der Waals surface area contributed by atoms with Crippen LogP contribution in [-0.4, -0.2) is 41.2 Å². The van der Waals surface area contributed by atoms with Crippen LogP contribution in [-0.2, 0) is 16.1 Å². The van der Waals surface area contributed by atoms with Gasteiger partial charge in [0.05, 0.1) is 5.69 Å². The Hall–Kier alpha value is -3.67. The number of anilines is 1. The predicted molar refractivity (Wildman–Crippen MR) is 146 cm³/mol. The second-order valence-corrected chi connectivity index (χ2v) is 10.3. The first-order valence-electron chi connectivity index (χ1n) is 13.5. The lowest BCUT2D eigenvalue weighted by Gasteiger charge is -2.34. The van der Waals surface area contributed by atoms with E-state index in [4.69, 9.17) is 0 Å². The van der Waals surface area contributed by atoms with Gasteiger partial charge in [0.2, 0.25) is 11.8 Å². The topological polar surface area (TPSA) is 69.7 Å². The molecule has 192 valence electrons. The van der Waals surface area contributed by atoms with Crippen molar-refractivity contribution >= 4 is 34.2 Å². The highest BCUT2D eigenvalue weighted by Gasteiger charge is 2.35. The highest BCUT2D eigenvalue weighted by atomic mass is 16.2. The van der Waals surface area contributed by atoms with E-state index in [1.165, 1.54) is 6.42 Å². The first kappa shape index (κ1) is 25.0. The van der Waals surface area contributed by atoms with Crippen LogP contribution in [0.4, 0.5) is 5.69 Å². The van der Waals surface area contributed by atoms with Crippen LogP contribution in [0.2, 0.25) is 0 Å². The van der Waals surface area contributed by atoms with Crippen LogP contribution in [0.25, 0.3) is 10.8 Å². The minimum Gasteiger partial charge on any atom is -0.352 e. The smallest absolute Gasteiger partial charge is 0.259 e. The van der Waals surface area contributed by atoms with Crippen molar-refractivity contribution in [2.24, 2.45) is 0 Å². The molecule has 1 atom stereocenters. The Labute approximate surface area is 218 Å². The maximum Gasteiger partial charge on any atom is 0.259 e. The van der Waals surface area contributed by atoms with Crippen LogP contribution in [0.3, 0.4) is 0 Å². The molecule has 6 nitrogen and oxygen atoms in total. The predicted octanol–water partition coefficient (Wildman–Crippen LogP) is 5.36. The maximum absolute atomic E-state index is 14.0. The molecule has 6 heteroatoms. The normalized spacial score (nSPS) is 16.2. The Morgan fingerprint density at radius 1 is 1.00 bits per heavy atom. The lowest BCUT2D eigenvalue weighted by molar-refractivity contribution is -0.140. The molecule has 0 radical (unpaired) electrons. The number of hydrogen-bond donors (Lipinski definition) is 1. The summed E-state index contributed by atoms with van der Waals surface area (Å²) in [6.07, 6.45) is 5.92. The number of carbonyl (C=O) groups excluding carboxylic acids is 3. The third-order valence-corrected chi connectivity index (χ3v) is 7.88. The average Bonchev–Trinajstić information content (AvgIpc) is 3.18. The molecule has 1 heterocycles. The molecule has 37 heavy (non-hydrogen) atoms. The minimum atomic E-state index is -0.607. The van der Waals surface area contributed by atoms with Crippen LogP contribution in [0.5, 0.6) is 0 Å². The fraction of sp³-hybridized carbons (Fsp3) is 0.387. The molecule has 1 aliphatic carbocycles. The Kier molecular flexibility index (Phi) is 7.26. The number of amides is 3. The zero-order valence-corrected chi connectivity index (χ0v) is 21.7. The lowest BCUT2D eigenvalue weighted by atomic mass is 9.95. The zero-order chi connectivity index (χ0) is 25.9. The molecular weight excluding hydrogens is 462 g/mol. The van der Waals surface area contributed by atoms with Crippen LogP contribution in [0.1, 0.15) is 66.9 Å². The maximum atomic E-state index is 14.0. The minimum absolute atomic E-state index is 0.102. The number of nitrogens with one attached hydrogen (secondary N) is 1. The summed E-state index contributed by atoms with van der Waals surface area (Å²) in [6.45, 7) is 4.18. The molecule has 3 aromatic carbocycles. The molecule has 0 bridgehead atoms. The zero-order valence-electron chi connectivity index (χ0n) is 21.7. The summed E-state index contributed by atoms with van der Waals surface area (Å²) in [5.74, 6) is -0.503. The average molecular weight is 498 g/mol. The number of hydrogen-bond acceptors (Lipinski definition) is 3. The highest BCUT2D eigenvalue weighted by molar-refractivity contribution is 6.26. The van der Waals surface area contributed by atoms with Gasteiger partial charge in [-0.3, -0.25) is 19.3 Å². The molecule has 1 fully saturated rings. The van der Waals surface area contributed by atoms with Gasteiger partial charge in [0, 0.05) is 23.5 Å². The summed E-state index contributed by atoms with van der Waals surface area (Å²) >= 11 is 0. The first-order valence-corrected chi connectivity index (χ1v) is 13.5. The summed E-state index contributed by atoms with van der Waals surface area (Å²) in [4.78, 5) is 44.1. The summed E-state index contributed by atoms with van der Waals surface area (Å²) in [6, 6.07) is 19.0. The summed E-state index contributed by atoms with van der Waals surface area (Å²) in [5.41, 5.74) is 3.44. The second-order valence-electron chi connectivity index (χ2n) is 10.3. The van der Waals surface area contributed by atoms with Crippen molar-refractivity contribution in [3.63, 3.8) is 0 Å². The van der Waals surface area contributed by atoms with Gasteiger partial charge in [0.1, 0.15) is 12.6 Å². The molecule has 3 amide bonds. The Morgan fingerprint density at radius 2 is 1.73 bits per heavy atom. The van der Waals surface area contributed by atoms with Crippen molar-refractivity contribution < 1.29 is 14.4 Å². The van der Waals surface area contributed by atoms with Gasteiger partial charge in [-0.15, -0.1) is 0 Å². The van der Waals surface area contributed by atoms with Crippen LogP contribution >= 0.6 is 0 Å². The Morgan fingerprint density at radius 3 is 2.46 bits per heavy atom. The van der Waals surface area contributed by atoms with Crippen LogP contribution in [0.15, 0.2) is 60.7 Å². The third-order valence-electron chi connectivity index (χ3n) is 7.88. The van der Waals surface area contributed by atoms with Crippen molar-refractivity contribution in [3.8, 4) is 0 Å². The van der Waals surface area contributed by atoms with Gasteiger partial charge in [-0.05, 0) is 54.8 Å². The van der Waals surface area contributed by atoms with Crippen molar-refractivity contribution in [1.29, 1.82) is 0 Å². The molecule has 0 spiro atoms. The van der Waals surface area contributed by atoms with Crippen LogP contribution < -0.4 is 10.2 Å². The standard InChI is InChI=1S/C31H35N3O3/c1-3-26(30(36)32-24-15-5-4-6-16-24)33(19-23-12-8-7-11-21(23)2)28(35)20-34-27-18-10-14-22-13-9-17-25(29(22)27)31(34)37/h7-14,17-18,24,26H,3-6,15-16,19-20H2,1-2H3,(H,32,36). The molecule has 0 aromatic heterocycles. The summed E-state index contributed by atoms with van der Waals surface area (Å²) < 4.78 is 0. The molecule has 2 aliphatic rings. The van der Waals surface area contributed by atoms with Crippen molar-refractivity contribution in [2.45, 2.75) is 71.0 Å². The fourth-order valence-electron chi connectivity index (χ4n) is 5.80. The van der Waals surface area contributed by atoms with E-state index in [-0.39, 0.29) is 30.3 Å². The van der Waals surface area contributed by atoms with E-state index in [1.807, 2.05) is 74.5 Å². The van der Waals surface area contributed by atoms with E-state index in [0.29, 0.717) is 18.5 Å². The van der Waals surface area contributed by atoms with Crippen molar-refractivity contribution in [2.75, 3.05) is 11.4 Å². The number of rotatable bonds is 8. The second kappa shape index (κ2) is 10.8. The first-order chi connectivity index (χ1) is 18.0. The summed E-state index contributed by atoms with van der Waals surface area (Å²) in [7, 11) is 0. The van der Waals surface area contributed by atoms with E-state index in [9.17, 15) is 14.4 Å². The summed E-state index contributed by atoms with van der Waals surface area (Å²) in [5, 5.41) is 5.09. The van der Waals surface area contributed by atoms with Gasteiger partial charge >= 0.3 is 0 Å². The largest absolute Gasteiger partial charge is 0.352 e. The van der Waals surface area contributed by atoms with Gasteiger partial charge < -0.3 is 10.2 Å². The highest BCUT2D eigenvalue weighted by Crippen LogP contribution is 2.37. The molecule has 1 aliphatic heterocycles. The number of carbonyl (C=O) groups is 3. The fourth-order valence-corrected chi connectivity index (χ4v) is 5.80. The number of benzene rings is 3.